The third-order valence-electron chi connectivity index (χ3n) is 1.56. The topological polar surface area (TPSA) is 18.5 Å². The number of thiophene rings is 2. The van der Waals surface area contributed by atoms with Gasteiger partial charge in [0.05, 0.1) is 0 Å². The van der Waals surface area contributed by atoms with Crippen molar-refractivity contribution >= 4 is 22.7 Å². The zero-order valence-corrected chi connectivity index (χ0v) is 9.14. The van der Waals surface area contributed by atoms with Crippen LogP contribution in [-0.2, 0) is 0 Å². The molecule has 0 aliphatic heterocycles. The van der Waals surface area contributed by atoms with Crippen molar-refractivity contribution in [2.24, 2.45) is 0 Å². The summed E-state index contributed by atoms with van der Waals surface area (Å²) in [5, 5.41) is 5.88. The quantitative estimate of drug-likeness (QED) is 0.728. The van der Waals surface area contributed by atoms with E-state index in [1.165, 1.54) is 0 Å². The number of hydrogen-bond acceptors (Lipinski definition) is 4. The summed E-state index contributed by atoms with van der Waals surface area (Å²) in [5.74, 6) is 0. The van der Waals surface area contributed by atoms with Crippen molar-refractivity contribution in [1.29, 1.82) is 0 Å². The predicted molar refractivity (Wildman–Crippen MR) is 59.6 cm³/mol. The second kappa shape index (κ2) is 5.02. The summed E-state index contributed by atoms with van der Waals surface area (Å²) in [6.45, 7) is 1.19. The van der Waals surface area contributed by atoms with Gasteiger partial charge in [0.2, 0.25) is 0 Å². The molecule has 0 radical (unpaired) electrons. The lowest BCUT2D eigenvalue weighted by molar-refractivity contribution is 0.225. The molecule has 14 heavy (non-hydrogen) atoms. The molecular formula is C10H10O2S2. The van der Waals surface area contributed by atoms with E-state index in [1.807, 2.05) is 35.0 Å². The average molecular weight is 226 g/mol. The van der Waals surface area contributed by atoms with Crippen LogP contribution < -0.4 is 9.47 Å². The van der Waals surface area contributed by atoms with Crippen LogP contribution in [0.1, 0.15) is 0 Å². The van der Waals surface area contributed by atoms with Crippen molar-refractivity contribution in [3.8, 4) is 10.1 Å². The van der Waals surface area contributed by atoms with Crippen LogP contribution in [0.3, 0.4) is 0 Å². The van der Waals surface area contributed by atoms with E-state index in [1.54, 1.807) is 22.7 Å². The predicted octanol–water partition coefficient (Wildman–Crippen LogP) is 3.27. The summed E-state index contributed by atoms with van der Waals surface area (Å²) in [6, 6.07) is 7.85. The Bertz CT molecular complexity index is 304. The fourth-order valence-corrected chi connectivity index (χ4v) is 2.18. The minimum atomic E-state index is 0.596. The van der Waals surface area contributed by atoms with Gasteiger partial charge in [0.25, 0.3) is 0 Å². The maximum Gasteiger partial charge on any atom is 0.173 e. The molecule has 0 aliphatic rings. The van der Waals surface area contributed by atoms with E-state index in [0.29, 0.717) is 13.2 Å². The van der Waals surface area contributed by atoms with Gasteiger partial charge >= 0.3 is 0 Å². The van der Waals surface area contributed by atoms with Crippen LogP contribution in [-0.4, -0.2) is 13.2 Å². The Morgan fingerprint density at radius 3 is 1.71 bits per heavy atom. The fraction of sp³-hybridized carbons (Fsp3) is 0.200. The molecular weight excluding hydrogens is 216 g/mol. The highest BCUT2D eigenvalue weighted by Crippen LogP contribution is 2.19. The smallest absolute Gasteiger partial charge is 0.173 e. The first-order valence-electron chi connectivity index (χ1n) is 4.28. The highest BCUT2D eigenvalue weighted by Gasteiger charge is 1.95. The average Bonchev–Trinajstić information content (AvgIpc) is 2.86. The summed E-state index contributed by atoms with van der Waals surface area (Å²) in [7, 11) is 0. The first-order valence-corrected chi connectivity index (χ1v) is 6.04. The molecule has 0 aliphatic carbocycles. The standard InChI is InChI=1S/C10H10O2S2/c1-3-9(13-7-1)11-5-6-12-10-4-2-8-14-10/h1-4,7-8H,5-6H2. The van der Waals surface area contributed by atoms with Crippen molar-refractivity contribution in [2.75, 3.05) is 13.2 Å². The molecule has 0 spiro atoms. The van der Waals surface area contributed by atoms with Gasteiger partial charge in [0.15, 0.2) is 10.1 Å². The number of hydrogen-bond donors (Lipinski definition) is 0. The fourth-order valence-electron chi connectivity index (χ4n) is 0.976. The van der Waals surface area contributed by atoms with Gasteiger partial charge in [-0.25, -0.2) is 0 Å². The molecule has 0 aromatic carbocycles. The van der Waals surface area contributed by atoms with Crippen LogP contribution in [0, 0.1) is 0 Å². The maximum atomic E-state index is 5.44. The molecule has 74 valence electrons. The Balaban J connectivity index is 1.65. The van der Waals surface area contributed by atoms with E-state index in [-0.39, 0.29) is 0 Å². The van der Waals surface area contributed by atoms with Gasteiger partial charge in [-0.05, 0) is 35.0 Å². The molecule has 0 saturated heterocycles. The molecule has 2 nitrogen and oxygen atoms in total. The molecule has 0 bridgehead atoms. The molecule has 4 heteroatoms. The minimum absolute atomic E-state index is 0.596. The Morgan fingerprint density at radius 1 is 0.857 bits per heavy atom. The van der Waals surface area contributed by atoms with Crippen LogP contribution >= 0.6 is 22.7 Å². The highest BCUT2D eigenvalue weighted by atomic mass is 32.1. The molecule has 0 saturated carbocycles. The van der Waals surface area contributed by atoms with Crippen LogP contribution in [0.25, 0.3) is 0 Å². The lowest BCUT2D eigenvalue weighted by Gasteiger charge is -2.03. The molecule has 0 N–H and O–H groups in total. The van der Waals surface area contributed by atoms with Gasteiger partial charge in [0, 0.05) is 0 Å². The largest absolute Gasteiger partial charge is 0.480 e. The summed E-state index contributed by atoms with van der Waals surface area (Å²) in [4.78, 5) is 0. The number of ether oxygens (including phenoxy) is 2. The van der Waals surface area contributed by atoms with Gasteiger partial charge in [0.1, 0.15) is 13.2 Å². The van der Waals surface area contributed by atoms with Crippen LogP contribution in [0.2, 0.25) is 0 Å². The lowest BCUT2D eigenvalue weighted by atomic mass is 10.6. The first kappa shape index (κ1) is 9.55. The highest BCUT2D eigenvalue weighted by molar-refractivity contribution is 7.12. The summed E-state index contributed by atoms with van der Waals surface area (Å²) in [5.41, 5.74) is 0. The normalized spacial score (nSPS) is 10.0. The Labute approximate surface area is 90.7 Å². The van der Waals surface area contributed by atoms with Gasteiger partial charge in [-0.2, -0.15) is 0 Å². The van der Waals surface area contributed by atoms with Crippen molar-refractivity contribution < 1.29 is 9.47 Å². The van der Waals surface area contributed by atoms with Gasteiger partial charge in [-0.3, -0.25) is 0 Å². The van der Waals surface area contributed by atoms with E-state index >= 15 is 0 Å². The Morgan fingerprint density at radius 2 is 1.36 bits per heavy atom. The minimum Gasteiger partial charge on any atom is -0.480 e. The molecule has 2 heterocycles. The summed E-state index contributed by atoms with van der Waals surface area (Å²) >= 11 is 3.19. The van der Waals surface area contributed by atoms with E-state index < -0.39 is 0 Å². The zero-order valence-electron chi connectivity index (χ0n) is 7.51. The molecule has 0 fully saturated rings. The van der Waals surface area contributed by atoms with Crippen LogP contribution in [0.5, 0.6) is 10.1 Å². The van der Waals surface area contributed by atoms with Crippen LogP contribution in [0.15, 0.2) is 35.0 Å². The Hall–Kier alpha value is -1.00. The van der Waals surface area contributed by atoms with Gasteiger partial charge in [-0.15, -0.1) is 22.7 Å². The van der Waals surface area contributed by atoms with Crippen molar-refractivity contribution in [3.05, 3.63) is 35.0 Å². The summed E-state index contributed by atoms with van der Waals surface area (Å²) in [6.07, 6.45) is 0. The van der Waals surface area contributed by atoms with Crippen molar-refractivity contribution in [3.63, 3.8) is 0 Å². The molecule has 2 rings (SSSR count). The molecule has 2 aromatic rings. The lowest BCUT2D eigenvalue weighted by Crippen LogP contribution is -2.07. The van der Waals surface area contributed by atoms with Gasteiger partial charge < -0.3 is 9.47 Å². The second-order valence-electron chi connectivity index (χ2n) is 2.56. The van der Waals surface area contributed by atoms with Crippen molar-refractivity contribution in [2.45, 2.75) is 0 Å². The zero-order chi connectivity index (χ0) is 9.64. The number of rotatable bonds is 5. The summed E-state index contributed by atoms with van der Waals surface area (Å²) < 4.78 is 10.9. The van der Waals surface area contributed by atoms with Crippen molar-refractivity contribution in [1.82, 2.24) is 0 Å². The van der Waals surface area contributed by atoms with E-state index in [0.717, 1.165) is 10.1 Å². The molecule has 0 unspecified atom stereocenters. The van der Waals surface area contributed by atoms with E-state index in [9.17, 15) is 0 Å². The van der Waals surface area contributed by atoms with E-state index in [4.69, 9.17) is 9.47 Å². The molecule has 0 atom stereocenters. The second-order valence-corrected chi connectivity index (χ2v) is 4.38. The first-order chi connectivity index (χ1) is 6.95. The van der Waals surface area contributed by atoms with E-state index in [2.05, 4.69) is 0 Å². The third kappa shape index (κ3) is 2.75. The third-order valence-corrected chi connectivity index (χ3v) is 3.12. The Kier molecular flexibility index (Phi) is 3.43. The SMILES string of the molecule is c1csc(OCCOc2cccs2)c1. The van der Waals surface area contributed by atoms with Gasteiger partial charge in [-0.1, -0.05) is 0 Å². The van der Waals surface area contributed by atoms with Crippen LogP contribution in [0.4, 0.5) is 0 Å². The maximum absolute atomic E-state index is 5.44. The monoisotopic (exact) mass is 226 g/mol. The molecule has 0 amide bonds. The molecule has 2 aromatic heterocycles.